The third-order valence-corrected chi connectivity index (χ3v) is 3.18. The Morgan fingerprint density at radius 2 is 1.89 bits per heavy atom. The number of hydrogen-bond acceptors (Lipinski definition) is 3. The van der Waals surface area contributed by atoms with Crippen molar-refractivity contribution >= 4 is 0 Å². The number of ether oxygens (including phenoxy) is 2. The molecular weight excluding hydrogens is 240 g/mol. The molecule has 1 rings (SSSR count). The summed E-state index contributed by atoms with van der Waals surface area (Å²) in [5.41, 5.74) is 0.876. The summed E-state index contributed by atoms with van der Waals surface area (Å²) < 4.78 is 10.4. The summed E-state index contributed by atoms with van der Waals surface area (Å²) in [4.78, 5) is 0. The van der Waals surface area contributed by atoms with Crippen LogP contribution in [0.5, 0.6) is 11.5 Å². The highest BCUT2D eigenvalue weighted by atomic mass is 16.5. The van der Waals surface area contributed by atoms with E-state index in [0.29, 0.717) is 11.5 Å². The Morgan fingerprint density at radius 1 is 1.16 bits per heavy atom. The van der Waals surface area contributed by atoms with Crippen LogP contribution in [0.3, 0.4) is 0 Å². The molecule has 0 radical (unpaired) electrons. The van der Waals surface area contributed by atoms with Gasteiger partial charge in [-0.3, -0.25) is 0 Å². The van der Waals surface area contributed by atoms with E-state index >= 15 is 0 Å². The normalized spacial score (nSPS) is 11.9. The van der Waals surface area contributed by atoms with Gasteiger partial charge in [0.2, 0.25) is 0 Å². The maximum atomic E-state index is 10.1. The predicted molar refractivity (Wildman–Crippen MR) is 77.8 cm³/mol. The van der Waals surface area contributed by atoms with Crippen LogP contribution in [0.2, 0.25) is 0 Å². The second kappa shape index (κ2) is 8.59. The van der Waals surface area contributed by atoms with E-state index in [2.05, 4.69) is 6.58 Å². The van der Waals surface area contributed by atoms with E-state index in [0.717, 1.165) is 37.7 Å². The van der Waals surface area contributed by atoms with Crippen molar-refractivity contribution < 1.29 is 14.6 Å². The lowest BCUT2D eigenvalue weighted by atomic mass is 10.0. The third kappa shape index (κ3) is 4.95. The first kappa shape index (κ1) is 15.6. The zero-order valence-corrected chi connectivity index (χ0v) is 11.9. The number of allylic oxidation sites excluding steroid dienone is 1. The molecule has 0 bridgehead atoms. The lowest BCUT2D eigenvalue weighted by Crippen LogP contribution is -1.99. The van der Waals surface area contributed by atoms with Crippen LogP contribution < -0.4 is 9.47 Å². The largest absolute Gasteiger partial charge is 0.493 e. The zero-order chi connectivity index (χ0) is 14.1. The highest BCUT2D eigenvalue weighted by Crippen LogP contribution is 2.31. The van der Waals surface area contributed by atoms with Gasteiger partial charge in [-0.15, -0.1) is 6.58 Å². The molecule has 3 nitrogen and oxygen atoms in total. The van der Waals surface area contributed by atoms with Crippen LogP contribution in [-0.2, 0) is 0 Å². The standard InChI is InChI=1S/C16H24O3/c1-4-5-6-7-8-9-14(17)13-10-11-15(18-2)16(12-13)19-3/h4,10-12,14,17H,1,5-9H2,2-3H3. The molecule has 0 aromatic heterocycles. The molecule has 1 atom stereocenters. The fraction of sp³-hybridized carbons (Fsp3) is 0.500. The first-order valence-electron chi connectivity index (χ1n) is 6.73. The lowest BCUT2D eigenvalue weighted by molar-refractivity contribution is 0.163. The van der Waals surface area contributed by atoms with E-state index in [1.165, 1.54) is 0 Å². The summed E-state index contributed by atoms with van der Waals surface area (Å²) in [6, 6.07) is 5.55. The number of hydrogen-bond donors (Lipinski definition) is 1. The topological polar surface area (TPSA) is 38.7 Å². The molecule has 0 saturated carbocycles. The molecule has 106 valence electrons. The Morgan fingerprint density at radius 3 is 2.53 bits per heavy atom. The van der Waals surface area contributed by atoms with Gasteiger partial charge in [0.1, 0.15) is 0 Å². The molecule has 0 aliphatic carbocycles. The van der Waals surface area contributed by atoms with Gasteiger partial charge in [-0.2, -0.15) is 0 Å². The van der Waals surface area contributed by atoms with Gasteiger partial charge in [0.05, 0.1) is 20.3 Å². The molecule has 0 aliphatic heterocycles. The monoisotopic (exact) mass is 264 g/mol. The molecule has 3 heteroatoms. The Bertz CT molecular complexity index is 388. The molecule has 1 N–H and O–H groups in total. The highest BCUT2D eigenvalue weighted by molar-refractivity contribution is 5.43. The minimum atomic E-state index is -0.441. The Labute approximate surface area is 115 Å². The van der Waals surface area contributed by atoms with E-state index in [1.807, 2.05) is 24.3 Å². The van der Waals surface area contributed by atoms with Crippen molar-refractivity contribution in [2.75, 3.05) is 14.2 Å². The minimum absolute atomic E-state index is 0.441. The Kier molecular flexibility index (Phi) is 7.04. The van der Waals surface area contributed by atoms with Crippen molar-refractivity contribution in [2.45, 2.75) is 38.2 Å². The number of methoxy groups -OCH3 is 2. The molecule has 1 aromatic carbocycles. The van der Waals surface area contributed by atoms with E-state index < -0.39 is 6.10 Å². The summed E-state index contributed by atoms with van der Waals surface area (Å²) in [5.74, 6) is 1.34. The smallest absolute Gasteiger partial charge is 0.161 e. The summed E-state index contributed by atoms with van der Waals surface area (Å²) >= 11 is 0. The SMILES string of the molecule is C=CCCCCCC(O)c1ccc(OC)c(OC)c1. The number of aliphatic hydroxyl groups is 1. The molecule has 0 amide bonds. The zero-order valence-electron chi connectivity index (χ0n) is 11.9. The Balaban J connectivity index is 2.52. The second-order valence-electron chi connectivity index (χ2n) is 4.56. The van der Waals surface area contributed by atoms with Crippen molar-refractivity contribution in [3.63, 3.8) is 0 Å². The average Bonchev–Trinajstić information content (AvgIpc) is 2.46. The molecular formula is C16H24O3. The summed E-state index contributed by atoms with van der Waals surface area (Å²) in [7, 11) is 3.21. The van der Waals surface area contributed by atoms with Crippen LogP contribution >= 0.6 is 0 Å². The molecule has 0 heterocycles. The van der Waals surface area contributed by atoms with E-state index in [-0.39, 0.29) is 0 Å². The quantitative estimate of drug-likeness (QED) is 0.543. The minimum Gasteiger partial charge on any atom is -0.493 e. The number of benzene rings is 1. The van der Waals surface area contributed by atoms with Gasteiger partial charge in [0, 0.05) is 0 Å². The van der Waals surface area contributed by atoms with Gasteiger partial charge in [0.25, 0.3) is 0 Å². The van der Waals surface area contributed by atoms with Gasteiger partial charge in [-0.25, -0.2) is 0 Å². The molecule has 1 unspecified atom stereocenters. The van der Waals surface area contributed by atoms with Crippen LogP contribution in [0.1, 0.15) is 43.8 Å². The van der Waals surface area contributed by atoms with Crippen molar-refractivity contribution in [3.05, 3.63) is 36.4 Å². The van der Waals surface area contributed by atoms with Crippen LogP contribution in [-0.4, -0.2) is 19.3 Å². The maximum Gasteiger partial charge on any atom is 0.161 e. The maximum absolute atomic E-state index is 10.1. The molecule has 19 heavy (non-hydrogen) atoms. The highest BCUT2D eigenvalue weighted by Gasteiger charge is 2.11. The number of rotatable bonds is 9. The van der Waals surface area contributed by atoms with Crippen molar-refractivity contribution in [1.82, 2.24) is 0 Å². The van der Waals surface area contributed by atoms with Crippen molar-refractivity contribution in [3.8, 4) is 11.5 Å². The third-order valence-electron chi connectivity index (χ3n) is 3.18. The van der Waals surface area contributed by atoms with Gasteiger partial charge in [-0.1, -0.05) is 25.0 Å². The summed E-state index contributed by atoms with van der Waals surface area (Å²) in [6.07, 6.45) is 6.59. The first-order chi connectivity index (χ1) is 9.22. The molecule has 1 aromatic rings. The average molecular weight is 264 g/mol. The van der Waals surface area contributed by atoms with E-state index in [1.54, 1.807) is 14.2 Å². The fourth-order valence-electron chi connectivity index (χ4n) is 2.03. The summed E-state index contributed by atoms with van der Waals surface area (Å²) in [5, 5.41) is 10.1. The second-order valence-corrected chi connectivity index (χ2v) is 4.56. The molecule has 0 aliphatic rings. The number of unbranched alkanes of at least 4 members (excludes halogenated alkanes) is 3. The van der Waals surface area contributed by atoms with Crippen LogP contribution in [0.15, 0.2) is 30.9 Å². The van der Waals surface area contributed by atoms with E-state index in [9.17, 15) is 5.11 Å². The van der Waals surface area contributed by atoms with Gasteiger partial charge >= 0.3 is 0 Å². The lowest BCUT2D eigenvalue weighted by Gasteiger charge is -2.14. The van der Waals surface area contributed by atoms with Gasteiger partial charge in [0.15, 0.2) is 11.5 Å². The van der Waals surface area contributed by atoms with Crippen molar-refractivity contribution in [2.24, 2.45) is 0 Å². The number of aliphatic hydroxyl groups excluding tert-OH is 1. The fourth-order valence-corrected chi connectivity index (χ4v) is 2.03. The Hall–Kier alpha value is -1.48. The molecule has 0 spiro atoms. The molecule has 0 fully saturated rings. The van der Waals surface area contributed by atoms with E-state index in [4.69, 9.17) is 9.47 Å². The van der Waals surface area contributed by atoms with Crippen LogP contribution in [0.4, 0.5) is 0 Å². The first-order valence-corrected chi connectivity index (χ1v) is 6.73. The molecule has 0 saturated heterocycles. The predicted octanol–water partition coefficient (Wildman–Crippen LogP) is 3.87. The van der Waals surface area contributed by atoms with Crippen LogP contribution in [0.25, 0.3) is 0 Å². The van der Waals surface area contributed by atoms with Crippen molar-refractivity contribution in [1.29, 1.82) is 0 Å². The van der Waals surface area contributed by atoms with Crippen LogP contribution in [0, 0.1) is 0 Å². The van der Waals surface area contributed by atoms with Gasteiger partial charge < -0.3 is 14.6 Å². The van der Waals surface area contributed by atoms with Gasteiger partial charge in [-0.05, 0) is 37.0 Å². The summed E-state index contributed by atoms with van der Waals surface area (Å²) in [6.45, 7) is 3.70.